The molecule has 3 nitrogen and oxygen atoms in total. The highest BCUT2D eigenvalue weighted by molar-refractivity contribution is 5.71. The van der Waals surface area contributed by atoms with Crippen LogP contribution in [-0.4, -0.2) is 18.6 Å². The van der Waals surface area contributed by atoms with Crippen molar-refractivity contribution in [2.75, 3.05) is 6.54 Å². The van der Waals surface area contributed by atoms with Gasteiger partial charge in [-0.15, -0.1) is 0 Å². The van der Waals surface area contributed by atoms with Crippen LogP contribution in [0, 0.1) is 6.92 Å². The molecule has 1 rings (SSSR count). The number of hydrogen-bond donors (Lipinski definition) is 1. The van der Waals surface area contributed by atoms with E-state index in [1.54, 1.807) is 0 Å². The third kappa shape index (κ3) is 5.00. The van der Waals surface area contributed by atoms with Gasteiger partial charge in [0.1, 0.15) is 0 Å². The molecule has 1 N–H and O–H groups in total. The molecule has 0 unspecified atom stereocenters. The highest BCUT2D eigenvalue weighted by atomic mass is 16.5. The van der Waals surface area contributed by atoms with Gasteiger partial charge in [0.25, 0.3) is 0 Å². The van der Waals surface area contributed by atoms with Crippen LogP contribution in [-0.2, 0) is 9.53 Å². The van der Waals surface area contributed by atoms with Crippen molar-refractivity contribution < 1.29 is 9.53 Å². The number of esters is 1. The number of aryl methyl sites for hydroxylation is 1. The summed E-state index contributed by atoms with van der Waals surface area (Å²) in [6.45, 7) is 8.03. The maximum absolute atomic E-state index is 11.4. The largest absolute Gasteiger partial charge is 0.462 e. The lowest BCUT2D eigenvalue weighted by molar-refractivity contribution is -0.146. The summed E-state index contributed by atoms with van der Waals surface area (Å²) in [6, 6.07) is 8.43. The summed E-state index contributed by atoms with van der Waals surface area (Å²) < 4.78 is 5.05. The van der Waals surface area contributed by atoms with E-state index in [-0.39, 0.29) is 24.7 Å². The maximum atomic E-state index is 11.4. The molecule has 0 spiro atoms. The Morgan fingerprint density at radius 2 is 1.82 bits per heavy atom. The monoisotopic (exact) mass is 235 g/mol. The van der Waals surface area contributed by atoms with Crippen molar-refractivity contribution in [3.63, 3.8) is 0 Å². The molecule has 0 heterocycles. The van der Waals surface area contributed by atoms with Gasteiger partial charge in [0.15, 0.2) is 0 Å². The molecule has 0 bridgehead atoms. The highest BCUT2D eigenvalue weighted by Crippen LogP contribution is 2.12. The predicted molar refractivity (Wildman–Crippen MR) is 68.8 cm³/mol. The zero-order valence-electron chi connectivity index (χ0n) is 11.0. The van der Waals surface area contributed by atoms with E-state index in [4.69, 9.17) is 4.74 Å². The quantitative estimate of drug-likeness (QED) is 0.797. The summed E-state index contributed by atoms with van der Waals surface area (Å²) in [6.07, 6.45) is -0.0565. The first-order chi connectivity index (χ1) is 7.99. The molecule has 0 aliphatic heterocycles. The lowest BCUT2D eigenvalue weighted by Crippen LogP contribution is -2.28. The number of carbonyl (C=O) groups is 1. The standard InChI is InChI=1S/C14H21NO2/c1-10(2)17-14(16)9-15-12(4)13-7-5-11(3)6-8-13/h5-8,10,12,15H,9H2,1-4H3/t12-/m0/s1. The number of nitrogens with one attached hydrogen (secondary N) is 1. The minimum absolute atomic E-state index is 0.0565. The SMILES string of the molecule is Cc1ccc([C@H](C)NCC(=O)OC(C)C)cc1. The van der Waals surface area contributed by atoms with Gasteiger partial charge in [-0.2, -0.15) is 0 Å². The molecular weight excluding hydrogens is 214 g/mol. The average Bonchev–Trinajstić information content (AvgIpc) is 2.26. The van der Waals surface area contributed by atoms with Gasteiger partial charge in [0, 0.05) is 6.04 Å². The summed E-state index contributed by atoms with van der Waals surface area (Å²) in [4.78, 5) is 11.4. The van der Waals surface area contributed by atoms with Gasteiger partial charge in [-0.3, -0.25) is 4.79 Å². The molecule has 0 aliphatic carbocycles. The Balaban J connectivity index is 2.42. The van der Waals surface area contributed by atoms with Crippen LogP contribution in [0.5, 0.6) is 0 Å². The number of rotatable bonds is 5. The van der Waals surface area contributed by atoms with Gasteiger partial charge in [-0.1, -0.05) is 29.8 Å². The molecule has 0 aromatic heterocycles. The second-order valence-electron chi connectivity index (χ2n) is 4.55. The molecule has 1 aromatic carbocycles. The first-order valence-electron chi connectivity index (χ1n) is 5.98. The van der Waals surface area contributed by atoms with Crippen molar-refractivity contribution >= 4 is 5.97 Å². The second-order valence-corrected chi connectivity index (χ2v) is 4.55. The Bertz CT molecular complexity index is 357. The topological polar surface area (TPSA) is 38.3 Å². The van der Waals surface area contributed by atoms with Crippen LogP contribution in [0.25, 0.3) is 0 Å². The third-order valence-electron chi connectivity index (χ3n) is 2.50. The number of hydrogen-bond acceptors (Lipinski definition) is 3. The Morgan fingerprint density at radius 1 is 1.24 bits per heavy atom. The number of ether oxygens (including phenoxy) is 1. The van der Waals surface area contributed by atoms with Gasteiger partial charge in [-0.25, -0.2) is 0 Å². The van der Waals surface area contributed by atoms with E-state index in [1.165, 1.54) is 11.1 Å². The molecular formula is C14H21NO2. The predicted octanol–water partition coefficient (Wildman–Crippen LogP) is 2.60. The summed E-state index contributed by atoms with van der Waals surface area (Å²) in [5, 5.41) is 3.15. The summed E-state index contributed by atoms with van der Waals surface area (Å²) in [5.74, 6) is -0.209. The summed E-state index contributed by atoms with van der Waals surface area (Å²) in [5.41, 5.74) is 2.41. The van der Waals surface area contributed by atoms with Crippen LogP contribution in [0.15, 0.2) is 24.3 Å². The van der Waals surface area contributed by atoms with E-state index in [0.29, 0.717) is 0 Å². The zero-order chi connectivity index (χ0) is 12.8. The van der Waals surface area contributed by atoms with E-state index >= 15 is 0 Å². The van der Waals surface area contributed by atoms with E-state index in [1.807, 2.05) is 20.8 Å². The van der Waals surface area contributed by atoms with Gasteiger partial charge >= 0.3 is 5.97 Å². The van der Waals surface area contributed by atoms with Gasteiger partial charge in [-0.05, 0) is 33.3 Å². The minimum Gasteiger partial charge on any atom is -0.462 e. The molecule has 1 atom stereocenters. The van der Waals surface area contributed by atoms with Gasteiger partial charge in [0.05, 0.1) is 12.6 Å². The fraction of sp³-hybridized carbons (Fsp3) is 0.500. The number of benzene rings is 1. The van der Waals surface area contributed by atoms with Crippen LogP contribution in [0.1, 0.15) is 37.9 Å². The van der Waals surface area contributed by atoms with E-state index in [2.05, 4.69) is 36.5 Å². The van der Waals surface area contributed by atoms with Crippen molar-refractivity contribution in [3.8, 4) is 0 Å². The molecule has 1 aromatic rings. The normalized spacial score (nSPS) is 12.5. The molecule has 0 saturated heterocycles. The van der Waals surface area contributed by atoms with Crippen molar-refractivity contribution in [2.45, 2.75) is 39.8 Å². The van der Waals surface area contributed by atoms with Crippen LogP contribution in [0.3, 0.4) is 0 Å². The van der Waals surface area contributed by atoms with Crippen molar-refractivity contribution in [1.29, 1.82) is 0 Å². The third-order valence-corrected chi connectivity index (χ3v) is 2.50. The van der Waals surface area contributed by atoms with Crippen molar-refractivity contribution in [1.82, 2.24) is 5.32 Å². The first-order valence-corrected chi connectivity index (χ1v) is 5.98. The lowest BCUT2D eigenvalue weighted by Gasteiger charge is -2.15. The number of carbonyl (C=O) groups excluding carboxylic acids is 1. The van der Waals surface area contributed by atoms with Crippen LogP contribution in [0.4, 0.5) is 0 Å². The molecule has 0 amide bonds. The Hall–Kier alpha value is -1.35. The molecule has 0 radical (unpaired) electrons. The summed E-state index contributed by atoms with van der Waals surface area (Å²) in [7, 11) is 0. The molecule has 0 fully saturated rings. The van der Waals surface area contributed by atoms with Crippen LogP contribution in [0.2, 0.25) is 0 Å². The summed E-state index contributed by atoms with van der Waals surface area (Å²) >= 11 is 0. The molecule has 3 heteroatoms. The van der Waals surface area contributed by atoms with E-state index in [9.17, 15) is 4.79 Å². The Labute approximate surface area is 103 Å². The van der Waals surface area contributed by atoms with Crippen molar-refractivity contribution in [3.05, 3.63) is 35.4 Å². The maximum Gasteiger partial charge on any atom is 0.320 e. The van der Waals surface area contributed by atoms with E-state index in [0.717, 1.165) is 0 Å². The molecule has 0 saturated carbocycles. The Morgan fingerprint density at radius 3 is 2.35 bits per heavy atom. The molecule has 17 heavy (non-hydrogen) atoms. The van der Waals surface area contributed by atoms with E-state index < -0.39 is 0 Å². The molecule has 94 valence electrons. The van der Waals surface area contributed by atoms with Crippen LogP contribution < -0.4 is 5.32 Å². The second kappa shape index (κ2) is 6.40. The van der Waals surface area contributed by atoms with Gasteiger partial charge < -0.3 is 10.1 Å². The lowest BCUT2D eigenvalue weighted by atomic mass is 10.1. The van der Waals surface area contributed by atoms with Crippen LogP contribution >= 0.6 is 0 Å². The highest BCUT2D eigenvalue weighted by Gasteiger charge is 2.09. The minimum atomic E-state index is -0.209. The first kappa shape index (κ1) is 13.7. The average molecular weight is 235 g/mol. The zero-order valence-corrected chi connectivity index (χ0v) is 11.0. The fourth-order valence-corrected chi connectivity index (χ4v) is 1.51. The fourth-order valence-electron chi connectivity index (χ4n) is 1.51. The Kier molecular flexibility index (Phi) is 5.16. The van der Waals surface area contributed by atoms with Gasteiger partial charge in [0.2, 0.25) is 0 Å². The van der Waals surface area contributed by atoms with Crippen molar-refractivity contribution in [2.24, 2.45) is 0 Å². The molecule has 0 aliphatic rings. The smallest absolute Gasteiger partial charge is 0.320 e.